The molecular weight excluding hydrogens is 292 g/mol. The van der Waals surface area contributed by atoms with Crippen LogP contribution >= 0.6 is 11.3 Å². The molecule has 6 heteroatoms. The Bertz CT molecular complexity index is 754. The lowest BCUT2D eigenvalue weighted by Gasteiger charge is -2.08. The second-order valence-electron chi connectivity index (χ2n) is 4.13. The molecule has 0 fully saturated rings. The molecule has 1 aromatic heterocycles. The van der Waals surface area contributed by atoms with Crippen molar-refractivity contribution in [1.82, 2.24) is 0 Å². The Hall–Kier alpha value is -1.81. The highest BCUT2D eigenvalue weighted by atomic mass is 32.2. The Morgan fingerprint density at radius 1 is 1.35 bits per heavy atom. The topological polar surface area (TPSA) is 72.2 Å². The fourth-order valence-electron chi connectivity index (χ4n) is 1.69. The van der Waals surface area contributed by atoms with E-state index in [4.69, 9.17) is 5.73 Å². The number of benzene rings is 1. The highest BCUT2D eigenvalue weighted by molar-refractivity contribution is 7.94. The van der Waals surface area contributed by atoms with Crippen molar-refractivity contribution in [2.24, 2.45) is 5.73 Å². The first-order valence-electron chi connectivity index (χ1n) is 5.88. The number of nitrogens with one attached hydrogen (secondary N) is 1. The Kier molecular flexibility index (Phi) is 4.45. The predicted molar refractivity (Wildman–Crippen MR) is 82.2 cm³/mol. The van der Waals surface area contributed by atoms with E-state index >= 15 is 0 Å². The third-order valence-corrected chi connectivity index (χ3v) is 5.20. The van der Waals surface area contributed by atoms with Crippen molar-refractivity contribution in [1.29, 1.82) is 0 Å². The molecule has 0 aliphatic rings. The largest absolute Gasteiger partial charge is 0.320 e. The molecule has 104 valence electrons. The first kappa shape index (κ1) is 14.6. The van der Waals surface area contributed by atoms with E-state index < -0.39 is 10.0 Å². The van der Waals surface area contributed by atoms with Crippen LogP contribution in [-0.2, 0) is 10.0 Å². The van der Waals surface area contributed by atoms with Crippen molar-refractivity contribution in [2.45, 2.75) is 11.1 Å². The summed E-state index contributed by atoms with van der Waals surface area (Å²) in [7, 11) is -3.53. The van der Waals surface area contributed by atoms with Crippen LogP contribution in [0, 0.1) is 18.8 Å². The fraction of sp³-hybridized carbons (Fsp3) is 0.143. The number of sulfonamides is 1. The number of thiophene rings is 1. The van der Waals surface area contributed by atoms with Crippen molar-refractivity contribution < 1.29 is 8.42 Å². The van der Waals surface area contributed by atoms with E-state index in [0.717, 1.165) is 11.1 Å². The van der Waals surface area contributed by atoms with Gasteiger partial charge in [0.25, 0.3) is 10.0 Å². The van der Waals surface area contributed by atoms with Crippen LogP contribution in [0.1, 0.15) is 11.1 Å². The molecule has 1 heterocycles. The number of hydrogen-bond acceptors (Lipinski definition) is 4. The standard InChI is InChI=1S/C14H14N2O2S2/c1-11-8-12(4-2-6-15)10-13(9-11)16-20(17,18)14-5-3-7-19-14/h3,5,7-10,16H,6,15H2,1H3. The molecule has 0 unspecified atom stereocenters. The van der Waals surface area contributed by atoms with Gasteiger partial charge in [0, 0.05) is 5.56 Å². The van der Waals surface area contributed by atoms with Gasteiger partial charge in [-0.3, -0.25) is 4.72 Å². The van der Waals surface area contributed by atoms with E-state index in [2.05, 4.69) is 16.6 Å². The van der Waals surface area contributed by atoms with Crippen molar-refractivity contribution in [3.63, 3.8) is 0 Å². The number of rotatable bonds is 3. The molecule has 0 spiro atoms. The second kappa shape index (κ2) is 6.09. The summed E-state index contributed by atoms with van der Waals surface area (Å²) in [5.74, 6) is 5.65. The van der Waals surface area contributed by atoms with Gasteiger partial charge < -0.3 is 5.73 Å². The Labute approximate surface area is 122 Å². The summed E-state index contributed by atoms with van der Waals surface area (Å²) in [5, 5.41) is 1.73. The van der Waals surface area contributed by atoms with E-state index in [1.54, 1.807) is 29.6 Å². The van der Waals surface area contributed by atoms with Gasteiger partial charge >= 0.3 is 0 Å². The van der Waals surface area contributed by atoms with Crippen LogP contribution in [0.15, 0.2) is 39.9 Å². The van der Waals surface area contributed by atoms with Crippen LogP contribution in [0.4, 0.5) is 5.69 Å². The van der Waals surface area contributed by atoms with Crippen LogP contribution in [-0.4, -0.2) is 15.0 Å². The summed E-state index contributed by atoms with van der Waals surface area (Å²) in [4.78, 5) is 0. The van der Waals surface area contributed by atoms with Gasteiger partial charge in [0.2, 0.25) is 0 Å². The molecule has 4 nitrogen and oxygen atoms in total. The number of aryl methyl sites for hydroxylation is 1. The third kappa shape index (κ3) is 3.61. The zero-order valence-electron chi connectivity index (χ0n) is 10.9. The monoisotopic (exact) mass is 306 g/mol. The molecule has 0 aliphatic carbocycles. The number of nitrogens with two attached hydrogens (primary N) is 1. The van der Waals surface area contributed by atoms with Crippen LogP contribution < -0.4 is 10.5 Å². The van der Waals surface area contributed by atoms with Gasteiger partial charge in [0.15, 0.2) is 0 Å². The van der Waals surface area contributed by atoms with Crippen molar-refractivity contribution in [3.05, 3.63) is 46.8 Å². The van der Waals surface area contributed by atoms with Gasteiger partial charge in [0.1, 0.15) is 4.21 Å². The summed E-state index contributed by atoms with van der Waals surface area (Å²) >= 11 is 1.18. The first-order chi connectivity index (χ1) is 9.51. The zero-order valence-corrected chi connectivity index (χ0v) is 12.5. The van der Waals surface area contributed by atoms with Gasteiger partial charge in [-0.1, -0.05) is 17.9 Å². The van der Waals surface area contributed by atoms with Gasteiger partial charge in [-0.2, -0.15) is 0 Å². The van der Waals surface area contributed by atoms with E-state index in [9.17, 15) is 8.42 Å². The molecule has 0 saturated carbocycles. The van der Waals surface area contributed by atoms with Crippen LogP contribution in [0.3, 0.4) is 0 Å². The Balaban J connectivity index is 2.32. The molecule has 0 aliphatic heterocycles. The van der Waals surface area contributed by atoms with Crippen molar-refractivity contribution >= 4 is 27.0 Å². The van der Waals surface area contributed by atoms with Gasteiger partial charge in [-0.15, -0.1) is 11.3 Å². The van der Waals surface area contributed by atoms with Crippen molar-refractivity contribution in [3.8, 4) is 11.8 Å². The molecule has 0 amide bonds. The maximum atomic E-state index is 12.1. The minimum atomic E-state index is -3.53. The van der Waals surface area contributed by atoms with Crippen LogP contribution in [0.5, 0.6) is 0 Å². The molecule has 1 aromatic carbocycles. The van der Waals surface area contributed by atoms with Crippen LogP contribution in [0.2, 0.25) is 0 Å². The maximum absolute atomic E-state index is 12.1. The molecule has 2 aromatic rings. The summed E-state index contributed by atoms with van der Waals surface area (Å²) < 4.78 is 27.1. The summed E-state index contributed by atoms with van der Waals surface area (Å²) in [6.45, 7) is 2.15. The van der Waals surface area contributed by atoms with Gasteiger partial charge in [-0.25, -0.2) is 8.42 Å². The van der Waals surface area contributed by atoms with E-state index in [1.165, 1.54) is 11.3 Å². The second-order valence-corrected chi connectivity index (χ2v) is 6.99. The molecule has 3 N–H and O–H groups in total. The highest BCUT2D eigenvalue weighted by Gasteiger charge is 2.15. The summed E-state index contributed by atoms with van der Waals surface area (Å²) in [5.41, 5.74) is 7.50. The van der Waals surface area contributed by atoms with Gasteiger partial charge in [-0.05, 0) is 42.1 Å². The SMILES string of the molecule is Cc1cc(C#CCN)cc(NS(=O)(=O)c2cccs2)c1. The Morgan fingerprint density at radius 2 is 2.15 bits per heavy atom. The predicted octanol–water partition coefficient (Wildman–Crippen LogP) is 2.17. The minimum Gasteiger partial charge on any atom is -0.320 e. The number of hydrogen-bond donors (Lipinski definition) is 2. The lowest BCUT2D eigenvalue weighted by atomic mass is 10.1. The fourth-order valence-corrected chi connectivity index (χ4v) is 3.72. The molecular formula is C14H14N2O2S2. The van der Waals surface area contributed by atoms with Crippen LogP contribution in [0.25, 0.3) is 0 Å². The zero-order chi connectivity index (χ0) is 14.6. The molecule has 20 heavy (non-hydrogen) atoms. The number of anilines is 1. The lowest BCUT2D eigenvalue weighted by molar-refractivity contribution is 0.603. The minimum absolute atomic E-state index is 0.268. The molecule has 0 saturated heterocycles. The maximum Gasteiger partial charge on any atom is 0.271 e. The van der Waals surface area contributed by atoms with Gasteiger partial charge in [0.05, 0.1) is 12.2 Å². The first-order valence-corrected chi connectivity index (χ1v) is 8.24. The molecule has 0 bridgehead atoms. The molecule has 0 radical (unpaired) electrons. The average Bonchev–Trinajstić information content (AvgIpc) is 2.89. The lowest BCUT2D eigenvalue weighted by Crippen LogP contribution is -2.11. The third-order valence-electron chi connectivity index (χ3n) is 2.42. The van der Waals surface area contributed by atoms with E-state index in [0.29, 0.717) is 5.69 Å². The summed E-state index contributed by atoms with van der Waals surface area (Å²) in [6.07, 6.45) is 0. The smallest absolute Gasteiger partial charge is 0.271 e. The van der Waals surface area contributed by atoms with E-state index in [-0.39, 0.29) is 10.8 Å². The highest BCUT2D eigenvalue weighted by Crippen LogP contribution is 2.21. The Morgan fingerprint density at radius 3 is 2.80 bits per heavy atom. The average molecular weight is 306 g/mol. The normalized spacial score (nSPS) is 10.7. The van der Waals surface area contributed by atoms with E-state index in [1.807, 2.05) is 13.0 Å². The molecule has 0 atom stereocenters. The summed E-state index contributed by atoms with van der Waals surface area (Å²) in [6, 6.07) is 8.61. The quantitative estimate of drug-likeness (QED) is 0.854. The van der Waals surface area contributed by atoms with Crippen molar-refractivity contribution in [2.75, 3.05) is 11.3 Å². The molecule has 2 rings (SSSR count).